The molecule has 1 N–H and O–H groups in total. The Morgan fingerprint density at radius 1 is 1.27 bits per heavy atom. The van der Waals surface area contributed by atoms with E-state index in [1.807, 2.05) is 45.2 Å². The molecule has 10 nitrogen and oxygen atoms in total. The molecule has 1 atom stereocenters. The minimum absolute atomic E-state index is 0.109. The first-order valence-corrected chi connectivity index (χ1v) is 15.3. The van der Waals surface area contributed by atoms with Gasteiger partial charge in [-0.05, 0) is 101 Å². The summed E-state index contributed by atoms with van der Waals surface area (Å²) in [4.78, 5) is 42.7. The maximum Gasteiger partial charge on any atom is 0.338 e. The fraction of sp³-hybridized carbons (Fsp3) is 0.148. The van der Waals surface area contributed by atoms with Gasteiger partial charge in [-0.15, -0.1) is 0 Å². The van der Waals surface area contributed by atoms with E-state index in [0.29, 0.717) is 27.7 Å². The molecule has 3 heterocycles. The number of aromatic hydroxyl groups is 1. The van der Waals surface area contributed by atoms with Crippen LogP contribution in [-0.4, -0.2) is 27.2 Å². The number of fused-ring (bicyclic) bond motifs is 1. The molecule has 0 amide bonds. The lowest BCUT2D eigenvalue weighted by molar-refractivity contribution is -0.384. The third-order valence-electron chi connectivity index (χ3n) is 6.18. The predicted octanol–water partition coefficient (Wildman–Crippen LogP) is 5.53. The number of halogens is 3. The molecular weight excluding hydrogens is 800 g/mol. The van der Waals surface area contributed by atoms with E-state index in [1.54, 1.807) is 44.2 Å². The van der Waals surface area contributed by atoms with Gasteiger partial charge in [0.2, 0.25) is 0 Å². The van der Waals surface area contributed by atoms with Crippen LogP contribution in [-0.2, 0) is 9.53 Å². The third-order valence-corrected chi connectivity index (χ3v) is 9.13. The van der Waals surface area contributed by atoms with Crippen molar-refractivity contribution in [3.63, 3.8) is 0 Å². The molecule has 4 aromatic rings. The summed E-state index contributed by atoms with van der Waals surface area (Å²) < 4.78 is 14.4. The standard InChI is InChI=1S/C27H18ClI2N3O7S/c1-3-39-26(36)22-12(2)31-27-32(25(35)21(41-27)10-13-8-17(29)24(34)18(30)9-13)23(22)20-7-6-19(40-20)15-11-14(33(37)38)4-5-16(15)28/h4-11,23,34H,3H2,1-2H3/b21-10-/t23-/m1/s1. The van der Waals surface area contributed by atoms with Crippen LogP contribution >= 0.6 is 68.1 Å². The summed E-state index contributed by atoms with van der Waals surface area (Å²) in [5.74, 6) is -0.0396. The van der Waals surface area contributed by atoms with Gasteiger partial charge in [0, 0.05) is 17.7 Å². The molecule has 0 unspecified atom stereocenters. The summed E-state index contributed by atoms with van der Waals surface area (Å²) in [5.41, 5.74) is 0.913. The van der Waals surface area contributed by atoms with Gasteiger partial charge in [0.05, 0.1) is 39.5 Å². The zero-order valence-corrected chi connectivity index (χ0v) is 27.1. The molecule has 0 radical (unpaired) electrons. The monoisotopic (exact) mass is 817 g/mol. The Hall–Kier alpha value is -3.02. The van der Waals surface area contributed by atoms with Crippen molar-refractivity contribution in [2.24, 2.45) is 4.99 Å². The number of nitro benzene ring substituents is 1. The number of esters is 1. The molecule has 2 aromatic carbocycles. The molecule has 1 aliphatic heterocycles. The normalized spacial score (nSPS) is 15.0. The zero-order valence-electron chi connectivity index (χ0n) is 21.2. The van der Waals surface area contributed by atoms with Gasteiger partial charge in [-0.3, -0.25) is 19.5 Å². The lowest BCUT2D eigenvalue weighted by Gasteiger charge is -2.22. The van der Waals surface area contributed by atoms with Crippen LogP contribution in [0.3, 0.4) is 0 Å². The molecular formula is C27H18ClI2N3O7S. The summed E-state index contributed by atoms with van der Waals surface area (Å²) in [5, 5.41) is 21.7. The van der Waals surface area contributed by atoms with E-state index in [2.05, 4.69) is 4.99 Å². The second-order valence-electron chi connectivity index (χ2n) is 8.76. The topological polar surface area (TPSA) is 137 Å². The SMILES string of the molecule is CCOC(=O)C1=C(C)N=c2s/c(=C\c3cc(I)c(O)c(I)c3)c(=O)n2[C@@H]1c1ccc(-c2cc([N+](=O)[O-])ccc2Cl)o1. The zero-order chi connectivity index (χ0) is 29.6. The van der Waals surface area contributed by atoms with Crippen molar-refractivity contribution < 1.29 is 24.0 Å². The number of phenols is 1. The molecule has 0 saturated heterocycles. The second kappa shape index (κ2) is 11.7. The number of phenolic OH excluding ortho intramolecular Hbond substituents is 1. The molecule has 14 heteroatoms. The van der Waals surface area contributed by atoms with Crippen molar-refractivity contribution in [2.45, 2.75) is 19.9 Å². The van der Waals surface area contributed by atoms with E-state index in [4.69, 9.17) is 20.8 Å². The van der Waals surface area contributed by atoms with Crippen molar-refractivity contribution in [1.29, 1.82) is 0 Å². The number of hydrogen-bond acceptors (Lipinski definition) is 9. The van der Waals surface area contributed by atoms with Gasteiger partial charge in [-0.2, -0.15) is 0 Å². The fourth-order valence-electron chi connectivity index (χ4n) is 4.34. The van der Waals surface area contributed by atoms with Crippen molar-refractivity contribution in [3.8, 4) is 17.1 Å². The van der Waals surface area contributed by atoms with Crippen molar-refractivity contribution >= 4 is 85.9 Å². The smallest absolute Gasteiger partial charge is 0.338 e. The largest absolute Gasteiger partial charge is 0.506 e. The average Bonchev–Trinajstić information content (AvgIpc) is 3.51. The molecule has 2 aromatic heterocycles. The van der Waals surface area contributed by atoms with E-state index < -0.39 is 22.5 Å². The van der Waals surface area contributed by atoms with Crippen LogP contribution in [0.25, 0.3) is 17.4 Å². The van der Waals surface area contributed by atoms with Gasteiger partial charge in [0.25, 0.3) is 11.2 Å². The van der Waals surface area contributed by atoms with E-state index in [-0.39, 0.29) is 45.7 Å². The highest BCUT2D eigenvalue weighted by Gasteiger charge is 2.35. The molecule has 0 spiro atoms. The van der Waals surface area contributed by atoms with E-state index in [1.165, 1.54) is 22.8 Å². The molecule has 0 fully saturated rings. The molecule has 0 bridgehead atoms. The number of rotatable bonds is 6. The van der Waals surface area contributed by atoms with Crippen LogP contribution in [0.4, 0.5) is 5.69 Å². The highest BCUT2D eigenvalue weighted by Crippen LogP contribution is 2.37. The number of furan rings is 1. The lowest BCUT2D eigenvalue weighted by Crippen LogP contribution is -2.39. The number of non-ortho nitro benzene ring substituents is 1. The summed E-state index contributed by atoms with van der Waals surface area (Å²) in [6, 6.07) is 9.65. The van der Waals surface area contributed by atoms with Crippen LogP contribution in [0, 0.1) is 17.3 Å². The first kappa shape index (κ1) is 29.5. The number of aromatic nitrogens is 1. The summed E-state index contributed by atoms with van der Waals surface area (Å²) in [6.45, 7) is 3.44. The molecule has 210 valence electrons. The predicted molar refractivity (Wildman–Crippen MR) is 170 cm³/mol. The number of benzene rings is 2. The highest BCUT2D eigenvalue weighted by molar-refractivity contribution is 14.1. The first-order valence-electron chi connectivity index (χ1n) is 11.9. The summed E-state index contributed by atoms with van der Waals surface area (Å²) in [6.07, 6.45) is 1.70. The Bertz CT molecular complexity index is 1940. The second-order valence-corrected chi connectivity index (χ2v) is 12.5. The average molecular weight is 818 g/mol. The number of nitrogens with zero attached hydrogens (tertiary/aromatic N) is 3. The van der Waals surface area contributed by atoms with Crippen LogP contribution in [0.2, 0.25) is 5.02 Å². The Morgan fingerprint density at radius 3 is 2.63 bits per heavy atom. The van der Waals surface area contributed by atoms with Gasteiger partial charge in [-0.1, -0.05) is 22.9 Å². The number of allylic oxidation sites excluding steroid dienone is 1. The van der Waals surface area contributed by atoms with Crippen molar-refractivity contribution in [1.82, 2.24) is 4.57 Å². The number of carbonyl (C=O) groups is 1. The maximum atomic E-state index is 13.8. The number of hydrogen-bond donors (Lipinski definition) is 1. The third kappa shape index (κ3) is 5.59. The number of ether oxygens (including phenoxy) is 1. The Kier molecular flexibility index (Phi) is 8.41. The van der Waals surface area contributed by atoms with Crippen LogP contribution in [0.5, 0.6) is 5.75 Å². The van der Waals surface area contributed by atoms with Gasteiger partial charge in [0.1, 0.15) is 23.3 Å². The van der Waals surface area contributed by atoms with Gasteiger partial charge in [-0.25, -0.2) is 9.79 Å². The van der Waals surface area contributed by atoms with E-state index in [9.17, 15) is 24.8 Å². The van der Waals surface area contributed by atoms with Crippen molar-refractivity contribution in [2.75, 3.05) is 6.61 Å². The number of nitro groups is 1. The van der Waals surface area contributed by atoms with Crippen LogP contribution < -0.4 is 14.9 Å². The number of carbonyl (C=O) groups excluding carboxylic acids is 1. The van der Waals surface area contributed by atoms with Crippen LogP contribution in [0.15, 0.2) is 67.9 Å². The Labute approximate surface area is 268 Å². The van der Waals surface area contributed by atoms with E-state index >= 15 is 0 Å². The van der Waals surface area contributed by atoms with Gasteiger partial charge >= 0.3 is 5.97 Å². The molecule has 5 rings (SSSR count). The number of thiazole rings is 1. The quantitative estimate of drug-likeness (QED) is 0.117. The van der Waals surface area contributed by atoms with Gasteiger partial charge in [0.15, 0.2) is 4.80 Å². The highest BCUT2D eigenvalue weighted by atomic mass is 127. The Balaban J connectivity index is 1.70. The van der Waals surface area contributed by atoms with Crippen molar-refractivity contribution in [3.05, 3.63) is 107 Å². The van der Waals surface area contributed by atoms with Gasteiger partial charge < -0.3 is 14.3 Å². The first-order chi connectivity index (χ1) is 19.5. The van der Waals surface area contributed by atoms with Crippen LogP contribution in [0.1, 0.15) is 31.2 Å². The van der Waals surface area contributed by atoms with E-state index in [0.717, 1.165) is 11.3 Å². The maximum absolute atomic E-state index is 13.8. The minimum atomic E-state index is -1.02. The molecule has 1 aliphatic rings. The molecule has 41 heavy (non-hydrogen) atoms. The fourth-order valence-corrected chi connectivity index (χ4v) is 7.41. The summed E-state index contributed by atoms with van der Waals surface area (Å²) in [7, 11) is 0. The Morgan fingerprint density at radius 2 is 1.98 bits per heavy atom. The minimum Gasteiger partial charge on any atom is -0.506 e. The lowest BCUT2D eigenvalue weighted by atomic mass is 10.0. The summed E-state index contributed by atoms with van der Waals surface area (Å²) >= 11 is 11.5. The molecule has 0 aliphatic carbocycles. The molecule has 0 saturated carbocycles.